The standard InChI is InChI=1S/C55H37BN2S2/c1-34-30-47-55-48(31-34)58(38-27-29-44-42-19-9-11-25-50(42)60-52(44)33-38)46-23-13-21-40(36-16-6-3-7-17-36)54(46)56(55)53-39(35-14-4-2-5-15-35)20-12-22-45(53)57(47)37-26-28-43-41-18-8-10-24-49(41)59-51(43)32-37/h2-20,22-33,40H,21H2,1H3. The first kappa shape index (κ1) is 34.2. The first-order valence-corrected chi connectivity index (χ1v) is 22.5. The van der Waals surface area contributed by atoms with E-state index in [1.165, 1.54) is 113 Å². The lowest BCUT2D eigenvalue weighted by Gasteiger charge is -2.47. The summed E-state index contributed by atoms with van der Waals surface area (Å²) < 4.78 is 5.28. The van der Waals surface area contributed by atoms with E-state index in [9.17, 15) is 0 Å². The van der Waals surface area contributed by atoms with E-state index in [-0.39, 0.29) is 12.6 Å². The van der Waals surface area contributed by atoms with E-state index in [4.69, 9.17) is 0 Å². The van der Waals surface area contributed by atoms with Gasteiger partial charge >= 0.3 is 0 Å². The van der Waals surface area contributed by atoms with Gasteiger partial charge in [-0.05, 0) is 107 Å². The molecule has 1 atom stereocenters. The predicted molar refractivity (Wildman–Crippen MR) is 261 cm³/mol. The van der Waals surface area contributed by atoms with Crippen LogP contribution in [-0.4, -0.2) is 6.71 Å². The average molecular weight is 801 g/mol. The number of rotatable bonds is 4. The Morgan fingerprint density at radius 1 is 0.500 bits per heavy atom. The molecule has 0 spiro atoms. The zero-order chi connectivity index (χ0) is 39.5. The quantitative estimate of drug-likeness (QED) is 0.164. The van der Waals surface area contributed by atoms with Gasteiger partial charge in [0, 0.05) is 80.4 Å². The molecule has 3 aliphatic rings. The topological polar surface area (TPSA) is 6.48 Å². The van der Waals surface area contributed by atoms with Crippen molar-refractivity contribution in [1.82, 2.24) is 0 Å². The summed E-state index contributed by atoms with van der Waals surface area (Å²) in [6, 6.07) is 66.2. The van der Waals surface area contributed by atoms with Gasteiger partial charge in [-0.25, -0.2) is 0 Å². The fourth-order valence-corrected chi connectivity index (χ4v) is 12.9. The van der Waals surface area contributed by atoms with E-state index < -0.39 is 0 Å². The van der Waals surface area contributed by atoms with E-state index >= 15 is 0 Å². The lowest BCUT2D eigenvalue weighted by Crippen LogP contribution is -2.57. The maximum atomic E-state index is 2.61. The zero-order valence-corrected chi connectivity index (χ0v) is 34.6. The molecule has 2 nitrogen and oxygen atoms in total. The molecule has 10 aromatic rings. The molecular formula is C55H37BN2S2. The molecule has 5 heteroatoms. The van der Waals surface area contributed by atoms with Gasteiger partial charge in [0.2, 0.25) is 6.71 Å². The van der Waals surface area contributed by atoms with Crippen molar-refractivity contribution in [3.05, 3.63) is 210 Å². The Morgan fingerprint density at radius 3 is 1.77 bits per heavy atom. The Kier molecular flexibility index (Phi) is 7.52. The second-order valence-corrected chi connectivity index (χ2v) is 18.6. The van der Waals surface area contributed by atoms with E-state index in [1.807, 2.05) is 22.7 Å². The third kappa shape index (κ3) is 5.00. The highest BCUT2D eigenvalue weighted by atomic mass is 32.1. The molecule has 0 saturated carbocycles. The molecule has 4 heterocycles. The van der Waals surface area contributed by atoms with Crippen LogP contribution in [-0.2, 0) is 0 Å². The van der Waals surface area contributed by atoms with Crippen molar-refractivity contribution < 1.29 is 0 Å². The van der Waals surface area contributed by atoms with Gasteiger partial charge in [-0.15, -0.1) is 22.7 Å². The summed E-state index contributed by atoms with van der Waals surface area (Å²) in [5.41, 5.74) is 16.8. The first-order valence-electron chi connectivity index (χ1n) is 20.9. The second kappa shape index (κ2) is 13.2. The minimum atomic E-state index is 0.0285. The van der Waals surface area contributed by atoms with Gasteiger partial charge in [0.15, 0.2) is 0 Å². The van der Waals surface area contributed by atoms with Gasteiger partial charge in [0.05, 0.1) is 0 Å². The molecule has 2 aliphatic heterocycles. The summed E-state index contributed by atoms with van der Waals surface area (Å²) in [5, 5.41) is 5.29. The number of allylic oxidation sites excluding steroid dienone is 3. The van der Waals surface area contributed by atoms with E-state index in [1.54, 1.807) is 0 Å². The van der Waals surface area contributed by atoms with Crippen LogP contribution in [0.3, 0.4) is 0 Å². The van der Waals surface area contributed by atoms with Crippen molar-refractivity contribution >= 4 is 109 Å². The fraction of sp³-hybridized carbons (Fsp3) is 0.0545. The van der Waals surface area contributed by atoms with E-state index in [0.717, 1.165) is 6.42 Å². The van der Waals surface area contributed by atoms with Crippen LogP contribution >= 0.6 is 22.7 Å². The number of anilines is 5. The van der Waals surface area contributed by atoms with Gasteiger partial charge in [0.25, 0.3) is 0 Å². The molecule has 0 radical (unpaired) electrons. The maximum absolute atomic E-state index is 2.61. The Morgan fingerprint density at radius 2 is 1.08 bits per heavy atom. The number of hydrogen-bond donors (Lipinski definition) is 0. The summed E-state index contributed by atoms with van der Waals surface area (Å²) in [6.45, 7) is 2.30. The number of aryl methyl sites for hydroxylation is 1. The molecule has 0 bridgehead atoms. The van der Waals surface area contributed by atoms with Crippen LogP contribution in [0, 0.1) is 6.92 Å². The minimum absolute atomic E-state index is 0.0285. The summed E-state index contributed by atoms with van der Waals surface area (Å²) in [7, 11) is 0. The average Bonchev–Trinajstić information content (AvgIpc) is 3.86. The lowest BCUT2D eigenvalue weighted by molar-refractivity contribution is 0.814. The van der Waals surface area contributed by atoms with Crippen molar-refractivity contribution in [2.45, 2.75) is 19.3 Å². The monoisotopic (exact) mass is 800 g/mol. The number of fused-ring (bicyclic) bond motifs is 9. The molecule has 0 N–H and O–H groups in total. The van der Waals surface area contributed by atoms with Crippen LogP contribution in [0.25, 0.3) is 51.5 Å². The smallest absolute Gasteiger partial charge is 0.249 e. The Bertz CT molecular complexity index is 3450. The van der Waals surface area contributed by atoms with Crippen LogP contribution in [0.1, 0.15) is 23.5 Å². The van der Waals surface area contributed by atoms with Gasteiger partial charge in [-0.1, -0.05) is 133 Å². The van der Waals surface area contributed by atoms with Gasteiger partial charge in [-0.2, -0.15) is 0 Å². The Labute approximate surface area is 357 Å². The number of nitrogens with zero attached hydrogens (tertiary/aromatic N) is 2. The number of thiophene rings is 2. The highest BCUT2D eigenvalue weighted by molar-refractivity contribution is 7.26. The SMILES string of the molecule is Cc1cc2c3c(c1)N(c1ccc4c(c1)sc1ccccc14)c1cccc(-c4ccccc4)c1B3C1=C(C=CCC1c1ccccc1)N2c1ccc2c(c1)sc1ccccc12. The third-order valence-corrected chi connectivity index (χ3v) is 15.3. The van der Waals surface area contributed by atoms with E-state index in [2.05, 4.69) is 205 Å². The van der Waals surface area contributed by atoms with E-state index in [0.29, 0.717) is 0 Å². The van der Waals surface area contributed by atoms with Crippen LogP contribution in [0.2, 0.25) is 0 Å². The van der Waals surface area contributed by atoms with Crippen LogP contribution < -0.4 is 20.7 Å². The van der Waals surface area contributed by atoms with Crippen molar-refractivity contribution in [3.8, 4) is 11.1 Å². The number of benzene rings is 8. The highest BCUT2D eigenvalue weighted by Gasteiger charge is 2.48. The molecule has 0 saturated heterocycles. The molecule has 2 aromatic heterocycles. The first-order chi connectivity index (χ1) is 29.7. The van der Waals surface area contributed by atoms with Crippen molar-refractivity contribution in [1.29, 1.82) is 0 Å². The highest BCUT2D eigenvalue weighted by Crippen LogP contribution is 2.51. The van der Waals surface area contributed by atoms with Gasteiger partial charge < -0.3 is 9.80 Å². The minimum Gasteiger partial charge on any atom is -0.312 e. The second-order valence-electron chi connectivity index (χ2n) is 16.4. The molecule has 13 rings (SSSR count). The zero-order valence-electron chi connectivity index (χ0n) is 33.0. The van der Waals surface area contributed by atoms with Crippen molar-refractivity contribution in [2.24, 2.45) is 0 Å². The van der Waals surface area contributed by atoms with Gasteiger partial charge in [-0.3, -0.25) is 0 Å². The Hall–Kier alpha value is -6.66. The summed E-state index contributed by atoms with van der Waals surface area (Å²) in [6.07, 6.45) is 5.80. The van der Waals surface area contributed by atoms with Gasteiger partial charge in [0.1, 0.15) is 0 Å². The lowest BCUT2D eigenvalue weighted by atomic mass is 9.30. The van der Waals surface area contributed by atoms with Crippen molar-refractivity contribution in [3.63, 3.8) is 0 Å². The number of hydrogen-bond acceptors (Lipinski definition) is 4. The fourth-order valence-electron chi connectivity index (χ4n) is 10.6. The van der Waals surface area contributed by atoms with Crippen LogP contribution in [0.5, 0.6) is 0 Å². The molecule has 0 fully saturated rings. The summed E-state index contributed by atoms with van der Waals surface area (Å²) in [5.74, 6) is 0.201. The molecule has 1 aliphatic carbocycles. The molecule has 1 unspecified atom stereocenters. The largest absolute Gasteiger partial charge is 0.312 e. The molecule has 282 valence electrons. The normalized spacial score (nSPS) is 15.6. The van der Waals surface area contributed by atoms with Crippen LogP contribution in [0.15, 0.2) is 199 Å². The van der Waals surface area contributed by atoms with Crippen LogP contribution in [0.4, 0.5) is 28.4 Å². The molecular weight excluding hydrogens is 764 g/mol. The maximum Gasteiger partial charge on any atom is 0.249 e. The molecule has 0 amide bonds. The predicted octanol–water partition coefficient (Wildman–Crippen LogP) is 14.5. The molecule has 8 aromatic carbocycles. The van der Waals surface area contributed by atoms with Crippen molar-refractivity contribution in [2.75, 3.05) is 9.80 Å². The Balaban J connectivity index is 1.14. The summed E-state index contributed by atoms with van der Waals surface area (Å²) >= 11 is 3.78. The summed E-state index contributed by atoms with van der Waals surface area (Å²) in [4.78, 5) is 5.19. The third-order valence-electron chi connectivity index (χ3n) is 13.1. The molecule has 60 heavy (non-hydrogen) atoms.